The molecular formula is C11H26O3SSi. The van der Waals surface area contributed by atoms with Crippen LogP contribution in [0.2, 0.25) is 6.04 Å². The Morgan fingerprint density at radius 3 is 2.19 bits per heavy atom. The van der Waals surface area contributed by atoms with Gasteiger partial charge < -0.3 is 13.6 Å². The van der Waals surface area contributed by atoms with Crippen molar-refractivity contribution in [2.24, 2.45) is 0 Å². The molecule has 0 amide bonds. The molecule has 0 aliphatic carbocycles. The van der Waals surface area contributed by atoms with Crippen molar-refractivity contribution in [1.29, 1.82) is 0 Å². The summed E-state index contributed by atoms with van der Waals surface area (Å²) in [5.41, 5.74) is 0. The number of rotatable bonds is 5. The van der Waals surface area contributed by atoms with E-state index in [1.807, 2.05) is 0 Å². The van der Waals surface area contributed by atoms with E-state index < -0.39 is 8.56 Å². The average Bonchev–Trinajstić information content (AvgIpc) is 2.30. The third kappa shape index (κ3) is 2.64. The normalized spacial score (nSPS) is 28.5. The fourth-order valence-electron chi connectivity index (χ4n) is 2.92. The van der Waals surface area contributed by atoms with Gasteiger partial charge in [0.25, 0.3) is 0 Å². The third-order valence-electron chi connectivity index (χ3n) is 3.73. The lowest BCUT2D eigenvalue weighted by atomic mass is 10.1. The maximum absolute atomic E-state index is 5.83. The first-order valence-electron chi connectivity index (χ1n) is 5.85. The van der Waals surface area contributed by atoms with E-state index in [-0.39, 0.29) is 18.7 Å². The quantitative estimate of drug-likeness (QED) is 0.716. The molecule has 3 nitrogen and oxygen atoms in total. The Labute approximate surface area is 108 Å². The lowest BCUT2D eigenvalue weighted by Gasteiger charge is -2.47. The summed E-state index contributed by atoms with van der Waals surface area (Å²) in [6.07, 6.45) is 5.70. The monoisotopic (exact) mass is 266 g/mol. The smallest absolute Gasteiger partial charge is 0.370 e. The molecule has 0 aromatic rings. The fraction of sp³-hybridized carbons (Fsp3) is 1.00. The fourth-order valence-corrected chi connectivity index (χ4v) is 6.91. The van der Waals surface area contributed by atoms with Gasteiger partial charge in [-0.25, -0.2) is 0 Å². The molecule has 0 aromatic heterocycles. The van der Waals surface area contributed by atoms with E-state index >= 15 is 0 Å². The van der Waals surface area contributed by atoms with Gasteiger partial charge in [-0.2, -0.15) is 13.5 Å². The highest BCUT2D eigenvalue weighted by Gasteiger charge is 2.58. The van der Waals surface area contributed by atoms with Crippen LogP contribution in [0.4, 0.5) is 0 Å². The summed E-state index contributed by atoms with van der Waals surface area (Å²) in [5.74, 6) is 0. The van der Waals surface area contributed by atoms with Crippen molar-refractivity contribution < 1.29 is 13.6 Å². The Morgan fingerprint density at radius 1 is 1.12 bits per heavy atom. The van der Waals surface area contributed by atoms with Crippen LogP contribution in [0.3, 0.4) is 0 Å². The van der Waals surface area contributed by atoms with Crippen LogP contribution in [0.25, 0.3) is 0 Å². The molecule has 0 saturated carbocycles. The molecule has 1 atom stereocenters. The first kappa shape index (κ1) is 16.4. The zero-order valence-electron chi connectivity index (χ0n) is 11.0. The molecule has 1 aliphatic rings. The molecule has 16 heavy (non-hydrogen) atoms. The van der Waals surface area contributed by atoms with Crippen molar-refractivity contribution in [3.8, 4) is 0 Å². The Kier molecular flexibility index (Phi) is 7.20. The molecule has 0 bridgehead atoms. The topological polar surface area (TPSA) is 27.7 Å². The van der Waals surface area contributed by atoms with Crippen LogP contribution >= 0.6 is 13.5 Å². The summed E-state index contributed by atoms with van der Waals surface area (Å²) in [7, 11) is 3.22. The molecule has 1 heterocycles. The molecule has 1 rings (SSSR count). The zero-order chi connectivity index (χ0) is 11.4. The van der Waals surface area contributed by atoms with Crippen LogP contribution in [0, 0.1) is 0 Å². The second-order valence-electron chi connectivity index (χ2n) is 4.32. The summed E-state index contributed by atoms with van der Waals surface area (Å²) >= 11 is 0. The van der Waals surface area contributed by atoms with E-state index in [0.717, 1.165) is 25.3 Å². The van der Waals surface area contributed by atoms with E-state index in [1.54, 1.807) is 21.3 Å². The minimum Gasteiger partial charge on any atom is -0.396 e. The van der Waals surface area contributed by atoms with Crippen molar-refractivity contribution >= 4 is 22.1 Å². The van der Waals surface area contributed by atoms with Crippen LogP contribution in [-0.2, 0) is 13.6 Å². The van der Waals surface area contributed by atoms with Crippen LogP contribution in [0.5, 0.6) is 0 Å². The molecule has 0 N–H and O–H groups in total. The van der Waals surface area contributed by atoms with Crippen molar-refractivity contribution in [3.63, 3.8) is 0 Å². The van der Waals surface area contributed by atoms with E-state index in [0.29, 0.717) is 0 Å². The summed E-state index contributed by atoms with van der Waals surface area (Å²) in [5, 5.41) is -0.122. The lowest BCUT2D eigenvalue weighted by molar-refractivity contribution is -0.0149. The number of hydrogen-bond acceptors (Lipinski definition) is 3. The van der Waals surface area contributed by atoms with Crippen LogP contribution in [0.15, 0.2) is 0 Å². The van der Waals surface area contributed by atoms with Gasteiger partial charge >= 0.3 is 8.56 Å². The minimum atomic E-state index is -2.15. The Morgan fingerprint density at radius 2 is 1.75 bits per heavy atom. The molecule has 1 unspecified atom stereocenters. The van der Waals surface area contributed by atoms with Gasteiger partial charge in [0.05, 0.1) is 0 Å². The number of hydrogen-bond donors (Lipinski definition) is 0. The average molecular weight is 266 g/mol. The van der Waals surface area contributed by atoms with Gasteiger partial charge in [0.15, 0.2) is 0 Å². The summed E-state index contributed by atoms with van der Waals surface area (Å²) in [6.45, 7) is 2.19. The molecule has 0 aromatic carbocycles. The summed E-state index contributed by atoms with van der Waals surface area (Å²) < 4.78 is 17.4. The van der Waals surface area contributed by atoms with Crippen LogP contribution < -0.4 is 0 Å². The third-order valence-corrected chi connectivity index (χ3v) is 8.16. The molecule has 0 radical (unpaired) electrons. The van der Waals surface area contributed by atoms with E-state index in [4.69, 9.17) is 13.6 Å². The van der Waals surface area contributed by atoms with E-state index in [1.165, 1.54) is 12.8 Å². The van der Waals surface area contributed by atoms with Crippen molar-refractivity contribution in [1.82, 2.24) is 0 Å². The van der Waals surface area contributed by atoms with Gasteiger partial charge in [-0.1, -0.05) is 26.2 Å². The maximum atomic E-state index is 5.83. The highest BCUT2D eigenvalue weighted by atomic mass is 32.1. The van der Waals surface area contributed by atoms with E-state index in [9.17, 15) is 0 Å². The first-order chi connectivity index (χ1) is 7.20. The largest absolute Gasteiger partial charge is 0.396 e. The second kappa shape index (κ2) is 7.01. The number of ether oxygens (including phenoxy) is 1. The highest BCUT2D eigenvalue weighted by Crippen LogP contribution is 2.42. The zero-order valence-corrected chi connectivity index (χ0v) is 13.0. The Hall–Kier alpha value is 0.447. The Balaban J connectivity index is 0.00000225. The molecular weight excluding hydrogens is 240 g/mol. The van der Waals surface area contributed by atoms with Crippen molar-refractivity contribution in [3.05, 3.63) is 0 Å². The second-order valence-corrected chi connectivity index (χ2v) is 8.05. The minimum absolute atomic E-state index is 0. The van der Waals surface area contributed by atoms with Crippen LogP contribution in [0.1, 0.15) is 39.0 Å². The van der Waals surface area contributed by atoms with Crippen LogP contribution in [-0.4, -0.2) is 35.1 Å². The SMILES string of the molecule is CCCC1(OC)CCCC[Si]1(OC)OC.S. The summed E-state index contributed by atoms with van der Waals surface area (Å²) in [6, 6.07) is 1.06. The van der Waals surface area contributed by atoms with Gasteiger partial charge in [-0.05, 0) is 18.9 Å². The predicted octanol–water partition coefficient (Wildman–Crippen LogP) is 2.74. The molecule has 0 spiro atoms. The van der Waals surface area contributed by atoms with Crippen molar-refractivity contribution in [2.75, 3.05) is 21.3 Å². The molecule has 1 saturated heterocycles. The number of methoxy groups -OCH3 is 1. The first-order valence-corrected chi connectivity index (χ1v) is 7.88. The highest BCUT2D eigenvalue weighted by molar-refractivity contribution is 7.59. The predicted molar refractivity (Wildman–Crippen MR) is 73.5 cm³/mol. The molecule has 1 aliphatic heterocycles. The van der Waals surface area contributed by atoms with Gasteiger partial charge in [0.2, 0.25) is 0 Å². The summed E-state index contributed by atoms with van der Waals surface area (Å²) in [4.78, 5) is 0. The standard InChI is InChI=1S/C11H24O3Si.H2S/c1-5-8-11(12-2)9-6-7-10-15(11,13-3)14-4;/h5-10H2,1-4H3;1H2. The van der Waals surface area contributed by atoms with Gasteiger partial charge in [-0.15, -0.1) is 0 Å². The van der Waals surface area contributed by atoms with E-state index in [2.05, 4.69) is 6.92 Å². The maximum Gasteiger partial charge on any atom is 0.370 e. The van der Waals surface area contributed by atoms with Gasteiger partial charge in [-0.3, -0.25) is 0 Å². The lowest BCUT2D eigenvalue weighted by Crippen LogP contribution is -2.64. The Bertz CT molecular complexity index is 196. The molecule has 98 valence electrons. The molecule has 1 fully saturated rings. The molecule has 5 heteroatoms. The van der Waals surface area contributed by atoms with Gasteiger partial charge in [0, 0.05) is 21.3 Å². The van der Waals surface area contributed by atoms with Crippen molar-refractivity contribution in [2.45, 2.75) is 50.3 Å². The van der Waals surface area contributed by atoms with Gasteiger partial charge in [0.1, 0.15) is 5.22 Å².